The van der Waals surface area contributed by atoms with Gasteiger partial charge < -0.3 is 15.7 Å². The van der Waals surface area contributed by atoms with Gasteiger partial charge in [0.2, 0.25) is 0 Å². The number of amides is 2. The number of nitrogens with zero attached hydrogens (tertiary/aromatic N) is 2. The average molecular weight is 395 g/mol. The van der Waals surface area contributed by atoms with Gasteiger partial charge in [-0.1, -0.05) is 15.9 Å². The molecule has 24 heavy (non-hydrogen) atoms. The Morgan fingerprint density at radius 3 is 2.75 bits per heavy atom. The molecular weight excluding hydrogens is 376 g/mol. The molecule has 0 saturated heterocycles. The van der Waals surface area contributed by atoms with E-state index in [1.807, 2.05) is 12.1 Å². The number of hydrogen-bond donors (Lipinski definition) is 3. The van der Waals surface area contributed by atoms with Crippen LogP contribution in [0.4, 0.5) is 10.5 Å². The van der Waals surface area contributed by atoms with Crippen molar-refractivity contribution >= 4 is 33.6 Å². The van der Waals surface area contributed by atoms with Gasteiger partial charge in [0.1, 0.15) is 0 Å². The molecule has 0 aliphatic carbocycles. The SMILES string of the molecule is CC(C)(CCC(=O)O)NC(=O)Nc1cc(Br)ccc1-n1cccn1. The lowest BCUT2D eigenvalue weighted by Crippen LogP contribution is -2.45. The van der Waals surface area contributed by atoms with Gasteiger partial charge in [-0.05, 0) is 44.5 Å². The Labute approximate surface area is 148 Å². The minimum absolute atomic E-state index is 0.0112. The molecule has 0 aliphatic rings. The van der Waals surface area contributed by atoms with Crippen molar-refractivity contribution < 1.29 is 14.7 Å². The molecule has 0 spiro atoms. The summed E-state index contributed by atoms with van der Waals surface area (Å²) in [7, 11) is 0. The van der Waals surface area contributed by atoms with Crippen LogP contribution in [0.2, 0.25) is 0 Å². The predicted molar refractivity (Wildman–Crippen MR) is 94.4 cm³/mol. The van der Waals surface area contributed by atoms with Gasteiger partial charge in [0, 0.05) is 28.8 Å². The highest BCUT2D eigenvalue weighted by atomic mass is 79.9. The fourth-order valence-electron chi connectivity index (χ4n) is 2.16. The molecule has 0 fully saturated rings. The van der Waals surface area contributed by atoms with Crippen molar-refractivity contribution in [2.75, 3.05) is 5.32 Å². The summed E-state index contributed by atoms with van der Waals surface area (Å²) in [6.45, 7) is 3.57. The molecule has 0 radical (unpaired) electrons. The second kappa shape index (κ2) is 7.48. The molecule has 0 atom stereocenters. The fourth-order valence-corrected chi connectivity index (χ4v) is 2.52. The van der Waals surface area contributed by atoms with Crippen LogP contribution in [-0.2, 0) is 4.79 Å². The smallest absolute Gasteiger partial charge is 0.319 e. The first-order valence-electron chi connectivity index (χ1n) is 7.37. The van der Waals surface area contributed by atoms with E-state index in [2.05, 4.69) is 31.7 Å². The number of hydrogen-bond acceptors (Lipinski definition) is 3. The van der Waals surface area contributed by atoms with Crippen molar-refractivity contribution in [3.8, 4) is 5.69 Å². The van der Waals surface area contributed by atoms with Crippen molar-refractivity contribution in [1.82, 2.24) is 15.1 Å². The van der Waals surface area contributed by atoms with E-state index < -0.39 is 17.5 Å². The van der Waals surface area contributed by atoms with Crippen LogP contribution in [0.15, 0.2) is 41.1 Å². The molecule has 8 heteroatoms. The van der Waals surface area contributed by atoms with E-state index in [4.69, 9.17) is 5.11 Å². The number of urea groups is 1. The molecule has 2 aromatic rings. The molecule has 1 aromatic heterocycles. The number of aromatic nitrogens is 2. The van der Waals surface area contributed by atoms with E-state index >= 15 is 0 Å². The molecule has 2 amide bonds. The number of anilines is 1. The lowest BCUT2D eigenvalue weighted by molar-refractivity contribution is -0.137. The summed E-state index contributed by atoms with van der Waals surface area (Å²) < 4.78 is 2.47. The van der Waals surface area contributed by atoms with Crippen LogP contribution in [0.5, 0.6) is 0 Å². The Morgan fingerprint density at radius 2 is 2.12 bits per heavy atom. The molecule has 128 valence electrons. The summed E-state index contributed by atoms with van der Waals surface area (Å²) in [6.07, 6.45) is 3.76. The van der Waals surface area contributed by atoms with Crippen LogP contribution >= 0.6 is 15.9 Å². The quantitative estimate of drug-likeness (QED) is 0.699. The topological polar surface area (TPSA) is 96.3 Å². The number of carboxylic acids is 1. The van der Waals surface area contributed by atoms with Crippen molar-refractivity contribution in [3.63, 3.8) is 0 Å². The van der Waals surface area contributed by atoms with Gasteiger partial charge in [0.05, 0.1) is 11.4 Å². The zero-order chi connectivity index (χ0) is 17.7. The van der Waals surface area contributed by atoms with Gasteiger partial charge in [-0.15, -0.1) is 0 Å². The number of benzene rings is 1. The van der Waals surface area contributed by atoms with Crippen LogP contribution in [0, 0.1) is 0 Å². The summed E-state index contributed by atoms with van der Waals surface area (Å²) in [4.78, 5) is 23.0. The predicted octanol–water partition coefficient (Wildman–Crippen LogP) is 3.40. The second-order valence-corrected chi connectivity index (χ2v) is 6.88. The Balaban J connectivity index is 2.11. The lowest BCUT2D eigenvalue weighted by atomic mass is 9.99. The molecule has 0 aliphatic heterocycles. The first kappa shape index (κ1) is 18.0. The molecule has 7 nitrogen and oxygen atoms in total. The minimum atomic E-state index is -0.891. The molecule has 2 rings (SSSR count). The molecule has 0 saturated carbocycles. The fraction of sp³-hybridized carbons (Fsp3) is 0.312. The number of nitrogens with one attached hydrogen (secondary N) is 2. The number of rotatable bonds is 6. The third-order valence-electron chi connectivity index (χ3n) is 3.37. The summed E-state index contributed by atoms with van der Waals surface area (Å²) >= 11 is 3.39. The van der Waals surface area contributed by atoms with Crippen LogP contribution in [0.25, 0.3) is 5.69 Å². The van der Waals surface area contributed by atoms with Crippen molar-refractivity contribution in [3.05, 3.63) is 41.1 Å². The third-order valence-corrected chi connectivity index (χ3v) is 3.87. The van der Waals surface area contributed by atoms with E-state index in [9.17, 15) is 9.59 Å². The van der Waals surface area contributed by atoms with E-state index in [1.165, 1.54) is 0 Å². The zero-order valence-electron chi connectivity index (χ0n) is 13.4. The monoisotopic (exact) mass is 394 g/mol. The lowest BCUT2D eigenvalue weighted by Gasteiger charge is -2.26. The summed E-state index contributed by atoms with van der Waals surface area (Å²) in [5, 5.41) is 18.5. The Hall–Kier alpha value is -2.35. The number of carbonyl (C=O) groups excluding carboxylic acids is 1. The average Bonchev–Trinajstić information content (AvgIpc) is 2.99. The Morgan fingerprint density at radius 1 is 1.38 bits per heavy atom. The van der Waals surface area contributed by atoms with Gasteiger partial charge in [-0.2, -0.15) is 5.10 Å². The normalized spacial score (nSPS) is 11.1. The van der Waals surface area contributed by atoms with Crippen molar-refractivity contribution in [2.45, 2.75) is 32.2 Å². The van der Waals surface area contributed by atoms with Crippen LogP contribution in [0.3, 0.4) is 0 Å². The number of carbonyl (C=O) groups is 2. The van der Waals surface area contributed by atoms with Gasteiger partial charge in [0.25, 0.3) is 0 Å². The van der Waals surface area contributed by atoms with E-state index in [-0.39, 0.29) is 6.42 Å². The van der Waals surface area contributed by atoms with E-state index in [0.29, 0.717) is 12.1 Å². The number of carboxylic acid groups (broad SMARTS) is 1. The van der Waals surface area contributed by atoms with Crippen molar-refractivity contribution in [1.29, 1.82) is 0 Å². The van der Waals surface area contributed by atoms with Gasteiger partial charge >= 0.3 is 12.0 Å². The summed E-state index contributed by atoms with van der Waals surface area (Å²) in [6, 6.07) is 6.86. The van der Waals surface area contributed by atoms with E-state index in [0.717, 1.165) is 10.2 Å². The molecule has 0 bridgehead atoms. The largest absolute Gasteiger partial charge is 0.481 e. The standard InChI is InChI=1S/C16H19BrN4O3/c1-16(2,7-6-14(22)23)20-15(24)19-12-10-11(17)4-5-13(12)21-9-3-8-18-21/h3-5,8-10H,6-7H2,1-2H3,(H,22,23)(H2,19,20,24). The van der Waals surface area contributed by atoms with Crippen LogP contribution < -0.4 is 10.6 Å². The summed E-state index contributed by atoms with van der Waals surface area (Å²) in [5.41, 5.74) is 0.668. The number of halogens is 1. The van der Waals surface area contributed by atoms with Gasteiger partial charge in [-0.25, -0.2) is 9.48 Å². The summed E-state index contributed by atoms with van der Waals surface area (Å²) in [5.74, 6) is -0.891. The zero-order valence-corrected chi connectivity index (χ0v) is 15.0. The molecule has 1 aromatic carbocycles. The Kier molecular flexibility index (Phi) is 5.61. The molecule has 3 N–H and O–H groups in total. The van der Waals surface area contributed by atoms with Crippen LogP contribution in [0.1, 0.15) is 26.7 Å². The van der Waals surface area contributed by atoms with E-state index in [1.54, 1.807) is 43.1 Å². The Bertz CT molecular complexity index is 729. The van der Waals surface area contributed by atoms with Gasteiger partial charge in [0.15, 0.2) is 0 Å². The highest BCUT2D eigenvalue weighted by Gasteiger charge is 2.22. The first-order valence-corrected chi connectivity index (χ1v) is 8.17. The molecule has 0 unspecified atom stereocenters. The maximum Gasteiger partial charge on any atom is 0.319 e. The first-order chi connectivity index (χ1) is 11.3. The molecule has 1 heterocycles. The van der Waals surface area contributed by atoms with Crippen LogP contribution in [-0.4, -0.2) is 32.4 Å². The minimum Gasteiger partial charge on any atom is -0.481 e. The number of aliphatic carboxylic acids is 1. The van der Waals surface area contributed by atoms with Crippen molar-refractivity contribution in [2.24, 2.45) is 0 Å². The second-order valence-electron chi connectivity index (χ2n) is 5.97. The highest BCUT2D eigenvalue weighted by molar-refractivity contribution is 9.10. The van der Waals surface area contributed by atoms with Gasteiger partial charge in [-0.3, -0.25) is 4.79 Å². The maximum atomic E-state index is 12.3. The highest BCUT2D eigenvalue weighted by Crippen LogP contribution is 2.24. The maximum absolute atomic E-state index is 12.3. The third kappa shape index (κ3) is 5.09. The molecular formula is C16H19BrN4O3.